The number of likely N-dealkylation sites (tertiary alicyclic amines) is 1. The minimum Gasteiger partial charge on any atom is -0.383 e. The summed E-state index contributed by atoms with van der Waals surface area (Å²) < 4.78 is 5.05. The van der Waals surface area contributed by atoms with Crippen molar-refractivity contribution in [3.63, 3.8) is 0 Å². The second-order valence-corrected chi connectivity index (χ2v) is 4.72. The van der Waals surface area contributed by atoms with Gasteiger partial charge in [-0.05, 0) is 20.3 Å². The molecular formula is C11H25N3O. The van der Waals surface area contributed by atoms with E-state index in [2.05, 4.69) is 24.1 Å². The van der Waals surface area contributed by atoms with E-state index in [1.54, 1.807) is 7.11 Å². The molecule has 0 saturated carbocycles. The summed E-state index contributed by atoms with van der Waals surface area (Å²) in [4.78, 5) is 2.48. The number of ether oxygens (including phenoxy) is 1. The van der Waals surface area contributed by atoms with Gasteiger partial charge in [-0.3, -0.25) is 4.90 Å². The van der Waals surface area contributed by atoms with Gasteiger partial charge in [-0.1, -0.05) is 0 Å². The maximum absolute atomic E-state index is 5.88. The molecule has 0 aliphatic carbocycles. The fraction of sp³-hybridized carbons (Fsp3) is 1.00. The topological polar surface area (TPSA) is 50.5 Å². The highest BCUT2D eigenvalue weighted by atomic mass is 16.5. The summed E-state index contributed by atoms with van der Waals surface area (Å²) in [5, 5.41) is 3.54. The molecule has 1 aliphatic heterocycles. The van der Waals surface area contributed by atoms with E-state index in [4.69, 9.17) is 10.5 Å². The lowest BCUT2D eigenvalue weighted by Gasteiger charge is -2.30. The number of nitrogens with one attached hydrogen (secondary N) is 1. The van der Waals surface area contributed by atoms with Crippen LogP contribution in [0.15, 0.2) is 0 Å². The fourth-order valence-corrected chi connectivity index (χ4v) is 2.15. The number of methoxy groups -OCH3 is 1. The van der Waals surface area contributed by atoms with E-state index in [0.717, 1.165) is 32.7 Å². The standard InChI is InChI=1S/C11H25N3O/c1-10(2)14-6-4-11(8-12,9-14)13-5-7-15-3/h10,13H,4-9,12H2,1-3H3. The SMILES string of the molecule is COCCNC1(CN)CCN(C(C)C)C1. The van der Waals surface area contributed by atoms with Crippen LogP contribution in [0.25, 0.3) is 0 Å². The van der Waals surface area contributed by atoms with E-state index in [-0.39, 0.29) is 5.54 Å². The van der Waals surface area contributed by atoms with Crippen LogP contribution in [0.4, 0.5) is 0 Å². The minimum atomic E-state index is 0.114. The first-order chi connectivity index (χ1) is 7.13. The lowest BCUT2D eigenvalue weighted by Crippen LogP contribution is -2.54. The monoisotopic (exact) mass is 215 g/mol. The summed E-state index contributed by atoms with van der Waals surface area (Å²) in [6, 6.07) is 0.614. The second-order valence-electron chi connectivity index (χ2n) is 4.72. The molecule has 1 unspecified atom stereocenters. The number of hydrogen-bond acceptors (Lipinski definition) is 4. The van der Waals surface area contributed by atoms with Gasteiger partial charge in [-0.15, -0.1) is 0 Å². The zero-order chi connectivity index (χ0) is 11.3. The predicted molar refractivity (Wildman–Crippen MR) is 63.0 cm³/mol. The van der Waals surface area contributed by atoms with E-state index in [9.17, 15) is 0 Å². The van der Waals surface area contributed by atoms with Gasteiger partial charge in [-0.2, -0.15) is 0 Å². The average Bonchev–Trinajstić information content (AvgIpc) is 2.64. The summed E-state index contributed by atoms with van der Waals surface area (Å²) in [5.74, 6) is 0. The van der Waals surface area contributed by atoms with Gasteiger partial charge in [0.05, 0.1) is 6.61 Å². The van der Waals surface area contributed by atoms with Gasteiger partial charge in [0.15, 0.2) is 0 Å². The molecule has 0 aromatic rings. The van der Waals surface area contributed by atoms with Crippen molar-refractivity contribution < 1.29 is 4.74 Å². The van der Waals surface area contributed by atoms with Crippen molar-refractivity contribution in [2.24, 2.45) is 5.73 Å². The van der Waals surface area contributed by atoms with Crippen molar-refractivity contribution in [2.75, 3.05) is 39.9 Å². The van der Waals surface area contributed by atoms with E-state index >= 15 is 0 Å². The molecule has 0 spiro atoms. The van der Waals surface area contributed by atoms with Crippen LogP contribution in [-0.4, -0.2) is 56.4 Å². The Morgan fingerprint density at radius 3 is 2.73 bits per heavy atom. The van der Waals surface area contributed by atoms with Gasteiger partial charge in [-0.25, -0.2) is 0 Å². The molecule has 1 aliphatic rings. The fourth-order valence-electron chi connectivity index (χ4n) is 2.15. The van der Waals surface area contributed by atoms with Crippen LogP contribution < -0.4 is 11.1 Å². The molecule has 1 heterocycles. The Morgan fingerprint density at radius 1 is 1.53 bits per heavy atom. The number of hydrogen-bond donors (Lipinski definition) is 2. The molecule has 1 rings (SSSR count). The highest BCUT2D eigenvalue weighted by molar-refractivity contribution is 4.98. The smallest absolute Gasteiger partial charge is 0.0587 e. The molecule has 0 aromatic carbocycles. The molecule has 15 heavy (non-hydrogen) atoms. The predicted octanol–water partition coefficient (Wildman–Crippen LogP) is 0.0340. The molecule has 0 bridgehead atoms. The largest absolute Gasteiger partial charge is 0.383 e. The third kappa shape index (κ3) is 3.41. The first-order valence-electron chi connectivity index (χ1n) is 5.81. The lowest BCUT2D eigenvalue weighted by atomic mass is 9.99. The summed E-state index contributed by atoms with van der Waals surface area (Å²) >= 11 is 0. The van der Waals surface area contributed by atoms with Crippen molar-refractivity contribution in [2.45, 2.75) is 31.8 Å². The van der Waals surface area contributed by atoms with Crippen molar-refractivity contribution in [1.82, 2.24) is 10.2 Å². The molecule has 4 heteroatoms. The van der Waals surface area contributed by atoms with Gasteiger partial charge < -0.3 is 15.8 Å². The van der Waals surface area contributed by atoms with Crippen molar-refractivity contribution in [3.8, 4) is 0 Å². The maximum atomic E-state index is 5.88. The Labute approximate surface area is 93.1 Å². The molecule has 1 fully saturated rings. The van der Waals surface area contributed by atoms with E-state index < -0.39 is 0 Å². The first-order valence-corrected chi connectivity index (χ1v) is 5.81. The normalized spacial score (nSPS) is 27.8. The molecule has 90 valence electrons. The first kappa shape index (κ1) is 12.9. The number of nitrogens with two attached hydrogens (primary N) is 1. The number of nitrogens with zero attached hydrogens (tertiary/aromatic N) is 1. The Hall–Kier alpha value is -0.160. The molecule has 1 saturated heterocycles. The molecule has 1 atom stereocenters. The van der Waals surface area contributed by atoms with Gasteiger partial charge >= 0.3 is 0 Å². The molecule has 0 radical (unpaired) electrons. The van der Waals surface area contributed by atoms with Gasteiger partial charge in [0.25, 0.3) is 0 Å². The maximum Gasteiger partial charge on any atom is 0.0587 e. The lowest BCUT2D eigenvalue weighted by molar-refractivity contribution is 0.180. The minimum absolute atomic E-state index is 0.114. The third-order valence-corrected chi connectivity index (χ3v) is 3.31. The molecule has 3 N–H and O–H groups in total. The van der Waals surface area contributed by atoms with E-state index in [1.807, 2.05) is 0 Å². The Bertz CT molecular complexity index is 187. The second kappa shape index (κ2) is 5.80. The van der Waals surface area contributed by atoms with Crippen LogP contribution in [0.2, 0.25) is 0 Å². The summed E-state index contributed by atoms with van der Waals surface area (Å²) in [7, 11) is 1.73. The van der Waals surface area contributed by atoms with Gasteiger partial charge in [0.1, 0.15) is 0 Å². The van der Waals surface area contributed by atoms with Crippen LogP contribution in [-0.2, 0) is 4.74 Å². The van der Waals surface area contributed by atoms with Crippen molar-refractivity contribution >= 4 is 0 Å². The average molecular weight is 215 g/mol. The van der Waals surface area contributed by atoms with Crippen molar-refractivity contribution in [1.29, 1.82) is 0 Å². The Kier molecular flexibility index (Phi) is 4.99. The van der Waals surface area contributed by atoms with Crippen LogP contribution >= 0.6 is 0 Å². The Balaban J connectivity index is 2.41. The van der Waals surface area contributed by atoms with Crippen LogP contribution in [0.5, 0.6) is 0 Å². The Morgan fingerprint density at radius 2 is 2.27 bits per heavy atom. The van der Waals surface area contributed by atoms with Crippen LogP contribution in [0, 0.1) is 0 Å². The van der Waals surface area contributed by atoms with Gasteiger partial charge in [0.2, 0.25) is 0 Å². The summed E-state index contributed by atoms with van der Waals surface area (Å²) in [6.45, 7) is 9.03. The highest BCUT2D eigenvalue weighted by Gasteiger charge is 2.36. The summed E-state index contributed by atoms with van der Waals surface area (Å²) in [6.07, 6.45) is 1.14. The molecule has 4 nitrogen and oxygen atoms in total. The molecule has 0 aromatic heterocycles. The van der Waals surface area contributed by atoms with E-state index in [1.165, 1.54) is 0 Å². The quantitative estimate of drug-likeness (QED) is 0.614. The molecular weight excluding hydrogens is 190 g/mol. The van der Waals surface area contributed by atoms with Crippen molar-refractivity contribution in [3.05, 3.63) is 0 Å². The third-order valence-electron chi connectivity index (χ3n) is 3.31. The zero-order valence-corrected chi connectivity index (χ0v) is 10.3. The highest BCUT2D eigenvalue weighted by Crippen LogP contribution is 2.21. The van der Waals surface area contributed by atoms with Crippen LogP contribution in [0.1, 0.15) is 20.3 Å². The van der Waals surface area contributed by atoms with Crippen LogP contribution in [0.3, 0.4) is 0 Å². The number of rotatable bonds is 6. The zero-order valence-electron chi connectivity index (χ0n) is 10.3. The van der Waals surface area contributed by atoms with E-state index in [0.29, 0.717) is 12.6 Å². The summed E-state index contributed by atoms with van der Waals surface area (Å²) in [5.41, 5.74) is 6.00. The molecule has 0 amide bonds. The van der Waals surface area contributed by atoms with Gasteiger partial charge in [0, 0.05) is 44.9 Å².